The number of nitrogens with one attached hydrogen (secondary N) is 2. The Morgan fingerprint density at radius 3 is 2.29 bits per heavy atom. The van der Waals surface area contributed by atoms with Crippen LogP contribution in [0, 0.1) is 0 Å². The lowest BCUT2D eigenvalue weighted by atomic mass is 10.1. The number of benzene rings is 2. The average molecular weight is 406 g/mol. The highest BCUT2D eigenvalue weighted by atomic mass is 79.9. The molecule has 2 rings (SSSR count). The smallest absolute Gasteiger partial charge is 0.257 e. The highest BCUT2D eigenvalue weighted by molar-refractivity contribution is 9.10. The summed E-state index contributed by atoms with van der Waals surface area (Å²) in [6.07, 6.45) is 0. The molecule has 2 aromatic rings. The fourth-order valence-electron chi connectivity index (χ4n) is 1.95. The maximum atomic E-state index is 12.2. The first-order valence-electron chi connectivity index (χ1n) is 7.07. The van der Waals surface area contributed by atoms with Crippen LogP contribution in [-0.2, 0) is 0 Å². The van der Waals surface area contributed by atoms with E-state index >= 15 is 0 Å². The molecule has 0 unspecified atom stereocenters. The van der Waals surface area contributed by atoms with E-state index in [1.165, 1.54) is 4.90 Å². The van der Waals surface area contributed by atoms with Crippen LogP contribution in [0.1, 0.15) is 20.7 Å². The Hall–Kier alpha value is -2.25. The van der Waals surface area contributed by atoms with Crippen LogP contribution in [0.5, 0.6) is 0 Å². The molecule has 0 aliphatic carbocycles. The summed E-state index contributed by atoms with van der Waals surface area (Å²) in [4.78, 5) is 25.8. The first-order valence-corrected chi connectivity index (χ1v) is 8.27. The Morgan fingerprint density at radius 2 is 1.67 bits per heavy atom. The SMILES string of the molecule is CN(C)C(=O)c1ccccc1NC(=S)NC(=O)c1ccc(Br)cc1. The first kappa shape index (κ1) is 18.1. The monoisotopic (exact) mass is 405 g/mol. The van der Waals surface area contributed by atoms with Gasteiger partial charge in [0.1, 0.15) is 0 Å². The molecule has 0 aliphatic rings. The standard InChI is InChI=1S/C17H16BrN3O2S/c1-21(2)16(23)13-5-3-4-6-14(13)19-17(24)20-15(22)11-7-9-12(18)10-8-11/h3-10H,1-2H3,(H2,19,20,22,24). The van der Waals surface area contributed by atoms with Gasteiger partial charge in [0.25, 0.3) is 11.8 Å². The van der Waals surface area contributed by atoms with Crippen molar-refractivity contribution in [2.45, 2.75) is 0 Å². The van der Waals surface area contributed by atoms with Gasteiger partial charge in [0, 0.05) is 24.1 Å². The molecule has 2 N–H and O–H groups in total. The minimum atomic E-state index is -0.323. The number of anilines is 1. The normalized spacial score (nSPS) is 9.96. The van der Waals surface area contributed by atoms with Crippen molar-refractivity contribution in [2.24, 2.45) is 0 Å². The van der Waals surface area contributed by atoms with Crippen molar-refractivity contribution < 1.29 is 9.59 Å². The Kier molecular flexibility index (Phi) is 6.05. The van der Waals surface area contributed by atoms with Crippen LogP contribution in [0.15, 0.2) is 53.0 Å². The molecule has 2 aromatic carbocycles. The predicted molar refractivity (Wildman–Crippen MR) is 102 cm³/mol. The number of hydrogen-bond donors (Lipinski definition) is 2. The zero-order valence-electron chi connectivity index (χ0n) is 13.2. The summed E-state index contributed by atoms with van der Waals surface area (Å²) in [7, 11) is 3.35. The fraction of sp³-hybridized carbons (Fsp3) is 0.118. The van der Waals surface area contributed by atoms with Gasteiger partial charge in [0.15, 0.2) is 5.11 Å². The average Bonchev–Trinajstić information content (AvgIpc) is 2.55. The number of hydrogen-bond acceptors (Lipinski definition) is 3. The summed E-state index contributed by atoms with van der Waals surface area (Å²) < 4.78 is 0.885. The molecule has 0 atom stereocenters. The zero-order chi connectivity index (χ0) is 17.7. The summed E-state index contributed by atoms with van der Waals surface area (Å²) in [5.74, 6) is -0.475. The minimum absolute atomic E-state index is 0.127. The number of amides is 2. The maximum absolute atomic E-state index is 12.2. The van der Waals surface area contributed by atoms with Crippen LogP contribution in [0.3, 0.4) is 0 Å². The molecule has 7 heteroatoms. The number of para-hydroxylation sites is 1. The Bertz CT molecular complexity index is 776. The van der Waals surface area contributed by atoms with Gasteiger partial charge in [0.05, 0.1) is 11.3 Å². The second-order valence-electron chi connectivity index (χ2n) is 5.16. The van der Waals surface area contributed by atoms with Crippen LogP contribution in [0.4, 0.5) is 5.69 Å². The van der Waals surface area contributed by atoms with E-state index < -0.39 is 0 Å². The molecule has 124 valence electrons. The van der Waals surface area contributed by atoms with E-state index in [2.05, 4.69) is 26.6 Å². The van der Waals surface area contributed by atoms with E-state index in [0.29, 0.717) is 16.8 Å². The number of carbonyl (C=O) groups excluding carboxylic acids is 2. The number of rotatable bonds is 3. The molecule has 0 heterocycles. The topological polar surface area (TPSA) is 61.4 Å². The van der Waals surface area contributed by atoms with Crippen LogP contribution in [-0.4, -0.2) is 35.9 Å². The molecule has 0 radical (unpaired) electrons. The van der Waals surface area contributed by atoms with Gasteiger partial charge in [-0.15, -0.1) is 0 Å². The molecule has 0 aromatic heterocycles. The maximum Gasteiger partial charge on any atom is 0.257 e. The quantitative estimate of drug-likeness (QED) is 0.769. The highest BCUT2D eigenvalue weighted by Crippen LogP contribution is 2.16. The number of halogens is 1. The molecule has 0 fully saturated rings. The third kappa shape index (κ3) is 4.62. The van der Waals surface area contributed by atoms with Crippen LogP contribution in [0.2, 0.25) is 0 Å². The van der Waals surface area contributed by atoms with Crippen LogP contribution < -0.4 is 10.6 Å². The molecule has 5 nitrogen and oxygen atoms in total. The lowest BCUT2D eigenvalue weighted by Gasteiger charge is -2.16. The second-order valence-corrected chi connectivity index (χ2v) is 6.48. The molecule has 24 heavy (non-hydrogen) atoms. The zero-order valence-corrected chi connectivity index (χ0v) is 15.6. The Morgan fingerprint density at radius 1 is 1.04 bits per heavy atom. The molecule has 0 bridgehead atoms. The van der Waals surface area contributed by atoms with Gasteiger partial charge >= 0.3 is 0 Å². The molecular formula is C17H16BrN3O2S. The third-order valence-corrected chi connectivity index (χ3v) is 3.88. The van der Waals surface area contributed by atoms with Crippen molar-refractivity contribution in [1.82, 2.24) is 10.2 Å². The summed E-state index contributed by atoms with van der Waals surface area (Å²) in [5.41, 5.74) is 1.50. The largest absolute Gasteiger partial charge is 0.345 e. The highest BCUT2D eigenvalue weighted by Gasteiger charge is 2.14. The van der Waals surface area contributed by atoms with Gasteiger partial charge < -0.3 is 10.2 Å². The van der Waals surface area contributed by atoms with E-state index in [4.69, 9.17) is 12.2 Å². The van der Waals surface area contributed by atoms with Gasteiger partial charge in [-0.3, -0.25) is 14.9 Å². The third-order valence-electron chi connectivity index (χ3n) is 3.15. The van der Waals surface area contributed by atoms with Crippen LogP contribution >= 0.6 is 28.1 Å². The summed E-state index contributed by atoms with van der Waals surface area (Å²) in [6, 6.07) is 13.9. The van der Waals surface area contributed by atoms with Gasteiger partial charge in [-0.25, -0.2) is 0 Å². The Labute approximate surface area is 154 Å². The molecular weight excluding hydrogens is 390 g/mol. The number of carbonyl (C=O) groups is 2. The van der Waals surface area contributed by atoms with E-state index in [1.807, 2.05) is 0 Å². The summed E-state index contributed by atoms with van der Waals surface area (Å²) in [6.45, 7) is 0. The summed E-state index contributed by atoms with van der Waals surface area (Å²) >= 11 is 8.49. The molecule has 0 aliphatic heterocycles. The van der Waals surface area contributed by atoms with E-state index in [-0.39, 0.29) is 16.9 Å². The van der Waals surface area contributed by atoms with Crippen molar-refractivity contribution in [2.75, 3.05) is 19.4 Å². The second kappa shape index (κ2) is 8.03. The van der Waals surface area contributed by atoms with Crippen molar-refractivity contribution in [3.05, 3.63) is 64.1 Å². The summed E-state index contributed by atoms with van der Waals surface area (Å²) in [5, 5.41) is 5.63. The fourth-order valence-corrected chi connectivity index (χ4v) is 2.42. The van der Waals surface area contributed by atoms with E-state index in [0.717, 1.165) is 4.47 Å². The van der Waals surface area contributed by atoms with Gasteiger partial charge in [-0.05, 0) is 48.6 Å². The first-order chi connectivity index (χ1) is 11.4. The lowest BCUT2D eigenvalue weighted by molar-refractivity contribution is 0.0828. The van der Waals surface area contributed by atoms with Gasteiger partial charge in [-0.2, -0.15) is 0 Å². The number of nitrogens with zero attached hydrogens (tertiary/aromatic N) is 1. The van der Waals surface area contributed by atoms with E-state index in [1.54, 1.807) is 62.6 Å². The van der Waals surface area contributed by atoms with Gasteiger partial charge in [0.2, 0.25) is 0 Å². The predicted octanol–water partition coefficient (Wildman–Crippen LogP) is 3.28. The number of thiocarbonyl (C=S) groups is 1. The Balaban J connectivity index is 2.09. The minimum Gasteiger partial charge on any atom is -0.345 e. The van der Waals surface area contributed by atoms with Crippen LogP contribution in [0.25, 0.3) is 0 Å². The molecule has 0 saturated heterocycles. The van der Waals surface area contributed by atoms with Crippen molar-refractivity contribution in [1.29, 1.82) is 0 Å². The van der Waals surface area contributed by atoms with E-state index in [9.17, 15) is 9.59 Å². The lowest BCUT2D eigenvalue weighted by Crippen LogP contribution is -2.35. The van der Waals surface area contributed by atoms with Crippen molar-refractivity contribution >= 4 is 50.8 Å². The van der Waals surface area contributed by atoms with Gasteiger partial charge in [-0.1, -0.05) is 28.1 Å². The molecule has 0 spiro atoms. The molecule has 0 saturated carbocycles. The van der Waals surface area contributed by atoms with Crippen molar-refractivity contribution in [3.63, 3.8) is 0 Å². The van der Waals surface area contributed by atoms with Crippen molar-refractivity contribution in [3.8, 4) is 0 Å². The molecule has 2 amide bonds.